The summed E-state index contributed by atoms with van der Waals surface area (Å²) in [6.45, 7) is -12.4. The van der Waals surface area contributed by atoms with Crippen LogP contribution in [-0.4, -0.2) is 9.97 Å². The predicted octanol–water partition coefficient (Wildman–Crippen LogP) is 17.5. The van der Waals surface area contributed by atoms with Crippen LogP contribution in [0.25, 0.3) is 99.4 Å². The van der Waals surface area contributed by atoms with Gasteiger partial charge in [-0.3, -0.25) is 0 Å². The van der Waals surface area contributed by atoms with Gasteiger partial charge in [0.1, 0.15) is 5.58 Å². The van der Waals surface area contributed by atoms with Crippen LogP contribution in [0, 0.1) is 46.4 Å². The number of hydrogen-bond donors (Lipinski definition) is 0. The molecule has 0 spiro atoms. The van der Waals surface area contributed by atoms with Gasteiger partial charge in [0.2, 0.25) is 0 Å². The van der Waals surface area contributed by atoms with E-state index in [4.69, 9.17) is 26.3 Å². The third-order valence-corrected chi connectivity index (χ3v) is 12.8. The van der Waals surface area contributed by atoms with Crippen LogP contribution < -0.4 is 0 Å². The van der Waals surface area contributed by atoms with Gasteiger partial charge in [-0.1, -0.05) is 170 Å². The van der Waals surface area contributed by atoms with Gasteiger partial charge in [0.25, 0.3) is 0 Å². The standard InChI is InChI=1S/C45H36NO.C19H16N.Ir/c1-27-23-33(30-9-4-5-10-30)18-20-35(27)34-19-21-36(28(2)24-34)41-25-42(46-26-29(41)3)40-14-8-13-38-39-22-17-32-16-15-31-11-6-7-12-37(31)43(32)45(39)47-44(38)40;1-14-8-11-19(20-13-14)17-10-9-15(2)18(12-17)16-6-4-3-5-7-16;/h6-8,11-13,15-26,30H,4-5,9-10H2,1-3H3;3-9,11-13H,1-2H3;/q2*-1;/i1D3,2D3,3D3,30D;1D3,2D3;. The molecule has 0 saturated heterocycles. The van der Waals surface area contributed by atoms with Crippen molar-refractivity contribution in [1.29, 1.82) is 0 Å². The first-order valence-electron chi connectivity index (χ1n) is 30.2. The molecule has 1 radical (unpaired) electrons. The zero-order chi connectivity index (χ0) is 59.0. The van der Waals surface area contributed by atoms with Crippen molar-refractivity contribution in [3.8, 4) is 55.9 Å². The van der Waals surface area contributed by atoms with E-state index in [9.17, 15) is 0 Å². The van der Waals surface area contributed by atoms with Gasteiger partial charge in [-0.05, 0) is 129 Å². The molecule has 0 N–H and O–H groups in total. The summed E-state index contributed by atoms with van der Waals surface area (Å²) < 4.78 is 138. The molecule has 1 aliphatic carbocycles. The fourth-order valence-corrected chi connectivity index (χ4v) is 9.39. The minimum atomic E-state index is -2.72. The van der Waals surface area contributed by atoms with E-state index in [0.717, 1.165) is 50.7 Å². The summed E-state index contributed by atoms with van der Waals surface area (Å²) in [5.74, 6) is -0.872. The zero-order valence-corrected chi connectivity index (χ0v) is 39.0. The predicted molar refractivity (Wildman–Crippen MR) is 281 cm³/mol. The molecule has 8 aromatic carbocycles. The maximum atomic E-state index is 9.00. The average molecular weight is 1070 g/mol. The van der Waals surface area contributed by atoms with Crippen molar-refractivity contribution in [1.82, 2.24) is 9.97 Å². The molecule has 1 fully saturated rings. The number of benzene rings is 8. The smallest absolute Gasteiger partial charge is 0.129 e. The molecule has 0 unspecified atom stereocenters. The van der Waals surface area contributed by atoms with Crippen molar-refractivity contribution in [3.05, 3.63) is 216 Å². The first-order valence-corrected chi connectivity index (χ1v) is 22.2. The average Bonchev–Trinajstić information content (AvgIpc) is 4.00. The summed E-state index contributed by atoms with van der Waals surface area (Å²) in [6, 6.07) is 53.0. The maximum Gasteiger partial charge on any atom is 0.129 e. The van der Waals surface area contributed by atoms with Gasteiger partial charge in [-0.15, -0.1) is 47.5 Å². The molecule has 3 heterocycles. The number of nitrogens with zero attached hydrogens (tertiary/aromatic N) is 2. The number of aromatic nitrogens is 2. The van der Waals surface area contributed by atoms with Crippen LogP contribution in [0.15, 0.2) is 175 Å². The summed E-state index contributed by atoms with van der Waals surface area (Å²) >= 11 is 0. The summed E-state index contributed by atoms with van der Waals surface area (Å²) in [6.07, 6.45) is 5.65. The van der Waals surface area contributed by atoms with Crippen molar-refractivity contribution in [2.75, 3.05) is 0 Å². The van der Waals surface area contributed by atoms with E-state index in [1.165, 1.54) is 30.6 Å². The van der Waals surface area contributed by atoms with Crippen molar-refractivity contribution >= 4 is 43.5 Å². The van der Waals surface area contributed by atoms with Gasteiger partial charge in [0.15, 0.2) is 0 Å². The van der Waals surface area contributed by atoms with Crippen LogP contribution in [0.4, 0.5) is 0 Å². The minimum Gasteiger partial charge on any atom is -0.500 e. The van der Waals surface area contributed by atoms with Gasteiger partial charge in [-0.2, -0.15) is 0 Å². The first-order chi connectivity index (χ1) is 39.2. The third-order valence-electron chi connectivity index (χ3n) is 12.8. The Kier molecular flexibility index (Phi) is 8.29. The van der Waals surface area contributed by atoms with Crippen LogP contribution in [0.2, 0.25) is 0 Å². The maximum absolute atomic E-state index is 9.00. The second-order valence-electron chi connectivity index (χ2n) is 16.9. The largest absolute Gasteiger partial charge is 0.500 e. The van der Waals surface area contributed by atoms with E-state index in [1.807, 2.05) is 54.6 Å². The molecule has 12 rings (SSSR count). The normalized spacial score (nSPS) is 17.5. The molecule has 0 atom stereocenters. The molecular weight excluding hydrogens is 1000 g/mol. The molecule has 4 heteroatoms. The number of hydrogen-bond acceptors (Lipinski definition) is 3. The quantitative estimate of drug-likeness (QED) is 0.123. The van der Waals surface area contributed by atoms with E-state index >= 15 is 0 Å². The number of pyridine rings is 2. The minimum absolute atomic E-state index is 0. The van der Waals surface area contributed by atoms with Gasteiger partial charge in [-0.25, -0.2) is 0 Å². The monoisotopic (exact) mass is 1070 g/mol. The van der Waals surface area contributed by atoms with Crippen molar-refractivity contribution < 1.29 is 46.5 Å². The first kappa shape index (κ1) is 29.7. The molecule has 1 saturated carbocycles. The molecule has 335 valence electrons. The summed E-state index contributed by atoms with van der Waals surface area (Å²) in [7, 11) is 0. The fourth-order valence-electron chi connectivity index (χ4n) is 9.39. The number of aryl methyl sites for hydroxylation is 5. The van der Waals surface area contributed by atoms with E-state index in [1.54, 1.807) is 54.6 Å². The molecule has 68 heavy (non-hydrogen) atoms. The summed E-state index contributed by atoms with van der Waals surface area (Å²) in [5.41, 5.74) is 6.30. The fraction of sp³-hybridized carbons (Fsp3) is 0.156. The summed E-state index contributed by atoms with van der Waals surface area (Å²) in [4.78, 5) is 8.82. The summed E-state index contributed by atoms with van der Waals surface area (Å²) in [5, 5.41) is 5.83. The Morgan fingerprint density at radius 2 is 1.31 bits per heavy atom. The second-order valence-corrected chi connectivity index (χ2v) is 16.9. The second kappa shape index (κ2) is 19.0. The van der Waals surface area contributed by atoms with E-state index in [-0.39, 0.29) is 59.0 Å². The van der Waals surface area contributed by atoms with Gasteiger partial charge in [0, 0.05) is 65.2 Å². The molecule has 11 aromatic rings. The van der Waals surface area contributed by atoms with Crippen molar-refractivity contribution in [2.45, 2.75) is 65.8 Å². The molecule has 0 aliphatic heterocycles. The van der Waals surface area contributed by atoms with Gasteiger partial charge in [0.05, 0.1) is 5.58 Å². The van der Waals surface area contributed by atoms with Crippen LogP contribution in [-0.2, 0) is 20.1 Å². The van der Waals surface area contributed by atoms with Crippen molar-refractivity contribution in [3.63, 3.8) is 0 Å². The Balaban J connectivity index is 0.000000244. The Morgan fingerprint density at radius 3 is 2.13 bits per heavy atom. The van der Waals surface area contributed by atoms with Gasteiger partial charge >= 0.3 is 0 Å². The van der Waals surface area contributed by atoms with Gasteiger partial charge < -0.3 is 14.4 Å². The van der Waals surface area contributed by atoms with Crippen LogP contribution in [0.1, 0.15) is 86.9 Å². The molecule has 0 amide bonds. The van der Waals surface area contributed by atoms with E-state index < -0.39 is 40.2 Å². The molecule has 0 bridgehead atoms. The van der Waals surface area contributed by atoms with Crippen LogP contribution >= 0.6 is 0 Å². The number of rotatable bonds is 6. The topological polar surface area (TPSA) is 38.9 Å². The Bertz CT molecular complexity index is 4270. The van der Waals surface area contributed by atoms with Crippen LogP contribution in [0.5, 0.6) is 0 Å². The molecule has 1 aliphatic rings. The number of fused-ring (bicyclic) bond motifs is 7. The Labute approximate surface area is 435 Å². The van der Waals surface area contributed by atoms with E-state index in [2.05, 4.69) is 52.4 Å². The van der Waals surface area contributed by atoms with Crippen LogP contribution in [0.3, 0.4) is 0 Å². The number of furan rings is 1. The third kappa shape index (κ3) is 8.49. The van der Waals surface area contributed by atoms with Crippen molar-refractivity contribution in [2.24, 2.45) is 0 Å². The Hall–Kier alpha value is -6.97. The SMILES string of the molecule is [2H]C([2H])([2H])c1cc(C2([2H])CCCC2)ccc1-c1ccc(-c2cc(-c3[c-]ccc4c3oc3c4ccc4ccc5ccccc5c43)ncc2C([2H])([2H])[2H])c(C([2H])([2H])[2H])c1.[2H]C([2H])([2H])c1ccc(-c2[c-]cc(C([2H])([2H])[2H])c(-c3ccccc3)c2)nc1.[Ir]. The molecular formula is C64H52IrN2O-2. The molecule has 3 aromatic heterocycles. The van der Waals surface area contributed by atoms with E-state index in [0.29, 0.717) is 68.8 Å². The Morgan fingerprint density at radius 1 is 0.544 bits per heavy atom. The molecule has 3 nitrogen and oxygen atoms in total. The zero-order valence-electron chi connectivity index (χ0n) is 52.6.